The van der Waals surface area contributed by atoms with Crippen LogP contribution in [0.15, 0.2) is 23.8 Å². The molecule has 1 aromatic rings. The van der Waals surface area contributed by atoms with Gasteiger partial charge in [0.1, 0.15) is 6.07 Å². The fourth-order valence-corrected chi connectivity index (χ4v) is 1.75. The minimum atomic E-state index is -1.10. The normalized spacial score (nSPS) is 11.5. The molecule has 0 fully saturated rings. The molecule has 23 heavy (non-hydrogen) atoms. The van der Waals surface area contributed by atoms with Gasteiger partial charge in [-0.15, -0.1) is 0 Å². The van der Waals surface area contributed by atoms with Gasteiger partial charge in [-0.05, 0) is 23.8 Å². The molecular formula is C17H19NO5. The molecule has 1 N–H and O–H groups in total. The van der Waals surface area contributed by atoms with Crippen molar-refractivity contribution in [2.24, 2.45) is 5.41 Å². The van der Waals surface area contributed by atoms with Gasteiger partial charge in [-0.25, -0.2) is 4.79 Å². The molecule has 0 aliphatic rings. The summed E-state index contributed by atoms with van der Waals surface area (Å²) in [5, 5.41) is 17.8. The van der Waals surface area contributed by atoms with Gasteiger partial charge in [0.25, 0.3) is 0 Å². The molecule has 0 aliphatic heterocycles. The third kappa shape index (κ3) is 5.15. The molecule has 0 saturated heterocycles. The number of nitriles is 1. The number of carbonyl (C=O) groups is 2. The maximum atomic E-state index is 12.2. The number of ether oxygens (including phenoxy) is 2. The van der Waals surface area contributed by atoms with Crippen molar-refractivity contribution in [3.8, 4) is 17.6 Å². The molecule has 1 aromatic carbocycles. The van der Waals surface area contributed by atoms with Gasteiger partial charge in [0.05, 0.1) is 12.7 Å². The zero-order valence-corrected chi connectivity index (χ0v) is 13.5. The van der Waals surface area contributed by atoms with Crippen LogP contribution in [0.5, 0.6) is 11.5 Å². The molecule has 0 heterocycles. The van der Waals surface area contributed by atoms with Crippen LogP contribution in [-0.4, -0.2) is 30.6 Å². The summed E-state index contributed by atoms with van der Waals surface area (Å²) in [6.07, 6.45) is 1.47. The number of ketones is 1. The molecule has 6 nitrogen and oxygen atoms in total. The van der Waals surface area contributed by atoms with E-state index in [0.717, 1.165) is 0 Å². The van der Waals surface area contributed by atoms with Crippen LogP contribution >= 0.6 is 0 Å². The van der Waals surface area contributed by atoms with Crippen molar-refractivity contribution < 1.29 is 24.2 Å². The van der Waals surface area contributed by atoms with Gasteiger partial charge in [-0.2, -0.15) is 5.26 Å². The van der Waals surface area contributed by atoms with Crippen LogP contribution in [0.2, 0.25) is 0 Å². The Bertz CT molecular complexity index is 677. The van der Waals surface area contributed by atoms with Gasteiger partial charge in [0.15, 0.2) is 23.9 Å². The lowest BCUT2D eigenvalue weighted by atomic mass is 9.86. The molecule has 6 heteroatoms. The summed E-state index contributed by atoms with van der Waals surface area (Å²) in [5.74, 6) is -0.767. The third-order valence-corrected chi connectivity index (χ3v) is 2.90. The first kappa shape index (κ1) is 18.2. The molecule has 1 rings (SSSR count). The van der Waals surface area contributed by atoms with E-state index in [1.54, 1.807) is 32.9 Å². The number of allylic oxidation sites excluding steroid dienone is 1. The van der Waals surface area contributed by atoms with Crippen molar-refractivity contribution in [3.63, 3.8) is 0 Å². The number of methoxy groups -OCH3 is 1. The smallest absolute Gasteiger partial charge is 0.341 e. The molecular weight excluding hydrogens is 298 g/mol. The van der Waals surface area contributed by atoms with E-state index >= 15 is 0 Å². The molecule has 0 spiro atoms. The maximum absolute atomic E-state index is 12.2. The predicted molar refractivity (Wildman–Crippen MR) is 84.2 cm³/mol. The van der Waals surface area contributed by atoms with E-state index in [1.807, 2.05) is 6.07 Å². The second-order valence-electron chi connectivity index (χ2n) is 5.84. The number of nitrogens with zero attached hydrogens (tertiary/aromatic N) is 1. The Labute approximate surface area is 134 Å². The van der Waals surface area contributed by atoms with E-state index in [2.05, 4.69) is 0 Å². The van der Waals surface area contributed by atoms with Crippen LogP contribution in [0.1, 0.15) is 26.3 Å². The summed E-state index contributed by atoms with van der Waals surface area (Å²) in [7, 11) is 1.42. The van der Waals surface area contributed by atoms with Crippen molar-refractivity contribution in [1.82, 2.24) is 0 Å². The number of hydrogen-bond donors (Lipinski definition) is 1. The molecule has 0 unspecified atom stereocenters. The van der Waals surface area contributed by atoms with Crippen molar-refractivity contribution in [2.45, 2.75) is 20.8 Å². The lowest BCUT2D eigenvalue weighted by Crippen LogP contribution is -2.21. The number of rotatable bonds is 6. The van der Waals surface area contributed by atoms with Crippen molar-refractivity contribution >= 4 is 17.8 Å². The number of aliphatic carboxylic acids is 1. The van der Waals surface area contributed by atoms with E-state index < -0.39 is 18.0 Å². The predicted octanol–water partition coefficient (Wildman–Crippen LogP) is 2.68. The first-order chi connectivity index (χ1) is 10.7. The van der Waals surface area contributed by atoms with Gasteiger partial charge in [-0.3, -0.25) is 4.79 Å². The van der Waals surface area contributed by atoms with Crippen molar-refractivity contribution in [3.05, 3.63) is 29.3 Å². The molecule has 0 bridgehead atoms. The summed E-state index contributed by atoms with van der Waals surface area (Å²) >= 11 is 0. The highest BCUT2D eigenvalue weighted by Gasteiger charge is 2.25. The van der Waals surface area contributed by atoms with Gasteiger partial charge in [-0.1, -0.05) is 26.8 Å². The Morgan fingerprint density at radius 2 is 1.96 bits per heavy atom. The summed E-state index contributed by atoms with van der Waals surface area (Å²) in [4.78, 5) is 22.7. The number of carboxylic acid groups (broad SMARTS) is 1. The summed E-state index contributed by atoms with van der Waals surface area (Å²) < 4.78 is 10.2. The van der Waals surface area contributed by atoms with Gasteiger partial charge in [0.2, 0.25) is 0 Å². The van der Waals surface area contributed by atoms with Crippen LogP contribution in [0.3, 0.4) is 0 Å². The second kappa shape index (κ2) is 7.45. The van der Waals surface area contributed by atoms with E-state index in [9.17, 15) is 14.9 Å². The molecule has 0 atom stereocenters. The monoisotopic (exact) mass is 317 g/mol. The van der Waals surface area contributed by atoms with Gasteiger partial charge >= 0.3 is 5.97 Å². The van der Waals surface area contributed by atoms with E-state index in [0.29, 0.717) is 11.3 Å². The van der Waals surface area contributed by atoms with E-state index in [1.165, 1.54) is 19.3 Å². The van der Waals surface area contributed by atoms with E-state index in [4.69, 9.17) is 14.6 Å². The topological polar surface area (TPSA) is 96.6 Å². The zero-order chi connectivity index (χ0) is 17.6. The Balaban J connectivity index is 3.14. The SMILES string of the molecule is COc1cc(/C=C(\C#N)C(=O)C(C)(C)C)ccc1OCC(=O)O. The summed E-state index contributed by atoms with van der Waals surface area (Å²) in [6.45, 7) is 4.73. The van der Waals surface area contributed by atoms with Gasteiger partial charge < -0.3 is 14.6 Å². The van der Waals surface area contributed by atoms with Crippen molar-refractivity contribution in [2.75, 3.05) is 13.7 Å². The average Bonchev–Trinajstić information content (AvgIpc) is 2.49. The van der Waals surface area contributed by atoms with Crippen molar-refractivity contribution in [1.29, 1.82) is 5.26 Å². The van der Waals surface area contributed by atoms with Gasteiger partial charge in [0, 0.05) is 5.41 Å². The first-order valence-corrected chi connectivity index (χ1v) is 6.88. The number of Topliss-reactive ketones (excluding diaryl/α,β-unsaturated/α-hetero) is 1. The Kier molecular flexibility index (Phi) is 5.91. The number of benzene rings is 1. The maximum Gasteiger partial charge on any atom is 0.341 e. The average molecular weight is 317 g/mol. The van der Waals surface area contributed by atoms with Crippen LogP contribution in [0.4, 0.5) is 0 Å². The molecule has 122 valence electrons. The number of carboxylic acids is 1. The number of hydrogen-bond acceptors (Lipinski definition) is 5. The van der Waals surface area contributed by atoms with Crippen LogP contribution in [0.25, 0.3) is 6.08 Å². The fourth-order valence-electron chi connectivity index (χ4n) is 1.75. The highest BCUT2D eigenvalue weighted by Crippen LogP contribution is 2.29. The van der Waals surface area contributed by atoms with Crippen LogP contribution in [-0.2, 0) is 9.59 Å². The molecule has 0 amide bonds. The summed E-state index contributed by atoms with van der Waals surface area (Å²) in [6, 6.07) is 6.63. The number of carbonyl (C=O) groups excluding carboxylic acids is 1. The minimum Gasteiger partial charge on any atom is -0.493 e. The standard InChI is InChI=1S/C17H19NO5/c1-17(2,3)16(21)12(9-18)7-11-5-6-13(14(8-11)22-4)23-10-15(19)20/h5-8H,10H2,1-4H3,(H,19,20)/b12-7+. The highest BCUT2D eigenvalue weighted by atomic mass is 16.5. The van der Waals surface area contributed by atoms with E-state index in [-0.39, 0.29) is 17.1 Å². The highest BCUT2D eigenvalue weighted by molar-refractivity contribution is 6.06. The Hall–Kier alpha value is -2.81. The second-order valence-corrected chi connectivity index (χ2v) is 5.84. The molecule has 0 radical (unpaired) electrons. The largest absolute Gasteiger partial charge is 0.493 e. The molecule has 0 saturated carbocycles. The first-order valence-electron chi connectivity index (χ1n) is 6.88. The quantitative estimate of drug-likeness (QED) is 0.640. The minimum absolute atomic E-state index is 0.0405. The zero-order valence-electron chi connectivity index (χ0n) is 13.5. The van der Waals surface area contributed by atoms with Crippen LogP contribution in [0, 0.1) is 16.7 Å². The Morgan fingerprint density at radius 3 is 2.43 bits per heavy atom. The van der Waals surface area contributed by atoms with Crippen LogP contribution < -0.4 is 9.47 Å². The lowest BCUT2D eigenvalue weighted by molar-refractivity contribution is -0.139. The lowest BCUT2D eigenvalue weighted by Gasteiger charge is -2.15. The molecule has 0 aromatic heterocycles. The third-order valence-electron chi connectivity index (χ3n) is 2.90. The molecule has 0 aliphatic carbocycles. The Morgan fingerprint density at radius 1 is 1.30 bits per heavy atom. The summed E-state index contributed by atoms with van der Waals surface area (Å²) in [5.41, 5.74) is -0.0339. The fraction of sp³-hybridized carbons (Fsp3) is 0.353.